The van der Waals surface area contributed by atoms with Crippen LogP contribution in [-0.2, 0) is 4.74 Å². The molecule has 2 N–H and O–H groups in total. The first kappa shape index (κ1) is 27.7. The number of hydrogen-bond acceptors (Lipinski definition) is 10. The van der Waals surface area contributed by atoms with E-state index in [0.29, 0.717) is 40.7 Å². The number of morpholine rings is 1. The second kappa shape index (κ2) is 13.0. The number of methoxy groups -OCH3 is 1. The van der Waals surface area contributed by atoms with E-state index < -0.39 is 0 Å². The fourth-order valence-corrected chi connectivity index (χ4v) is 4.61. The molecule has 0 radical (unpaired) electrons. The van der Waals surface area contributed by atoms with Crippen LogP contribution in [0.1, 0.15) is 22.3 Å². The summed E-state index contributed by atoms with van der Waals surface area (Å²) in [6.07, 6.45) is 5.53. The summed E-state index contributed by atoms with van der Waals surface area (Å²) in [6, 6.07) is 9.09. The second-order valence-electron chi connectivity index (χ2n) is 9.24. The van der Waals surface area contributed by atoms with Gasteiger partial charge in [-0.1, -0.05) is 22.0 Å². The molecular weight excluding hydrogens is 578 g/mol. The van der Waals surface area contributed by atoms with Crippen molar-refractivity contribution in [1.82, 2.24) is 24.8 Å². The number of rotatable bonds is 10. The third kappa shape index (κ3) is 6.82. The van der Waals surface area contributed by atoms with Gasteiger partial charge in [-0.3, -0.25) is 15.0 Å². The van der Waals surface area contributed by atoms with Crippen LogP contribution in [0, 0.1) is 6.92 Å². The van der Waals surface area contributed by atoms with Crippen LogP contribution in [0.15, 0.2) is 53.5 Å². The Bertz CT molecular complexity index is 1480. The normalized spacial score (nSPS) is 13.7. The Morgan fingerprint density at radius 2 is 1.88 bits per heavy atom. The molecule has 2 aromatic heterocycles. The van der Waals surface area contributed by atoms with Gasteiger partial charge >= 0.3 is 0 Å². The minimum Gasteiger partial charge on any atom is -0.493 e. The number of fused-ring (bicyclic) bond motifs is 1. The van der Waals surface area contributed by atoms with Gasteiger partial charge in [0.25, 0.3) is 5.91 Å². The fraction of sp³-hybridized carbons (Fsp3) is 0.321. The first-order chi connectivity index (χ1) is 19.5. The molecule has 5 rings (SSSR count). The molecule has 40 heavy (non-hydrogen) atoms. The van der Waals surface area contributed by atoms with E-state index in [1.807, 2.05) is 25.1 Å². The molecule has 11 nitrogen and oxygen atoms in total. The molecule has 3 heterocycles. The Hall–Kier alpha value is -3.87. The highest BCUT2D eigenvalue weighted by molar-refractivity contribution is 9.10. The highest BCUT2D eigenvalue weighted by atomic mass is 79.9. The maximum atomic E-state index is 12.6. The molecule has 0 aliphatic carbocycles. The van der Waals surface area contributed by atoms with Crippen LogP contribution in [0.5, 0.6) is 11.5 Å². The second-order valence-corrected chi connectivity index (χ2v) is 10.1. The van der Waals surface area contributed by atoms with Crippen LogP contribution >= 0.6 is 15.9 Å². The summed E-state index contributed by atoms with van der Waals surface area (Å²) in [5, 5.41) is 6.69. The average Bonchev–Trinajstić information content (AvgIpc) is 2.98. The first-order valence-electron chi connectivity index (χ1n) is 12.9. The summed E-state index contributed by atoms with van der Waals surface area (Å²) in [6.45, 7) is 6.98. The Morgan fingerprint density at radius 1 is 1.07 bits per heavy atom. The number of anilines is 3. The van der Waals surface area contributed by atoms with E-state index in [2.05, 4.69) is 51.4 Å². The van der Waals surface area contributed by atoms with Crippen molar-refractivity contribution in [2.45, 2.75) is 13.3 Å². The number of ether oxygens (including phenoxy) is 3. The number of benzene rings is 2. The van der Waals surface area contributed by atoms with Gasteiger partial charge in [0.1, 0.15) is 12.1 Å². The number of nitrogens with one attached hydrogen (secondary N) is 2. The molecule has 1 aliphatic rings. The smallest absolute Gasteiger partial charge is 0.258 e. The van der Waals surface area contributed by atoms with E-state index in [0.717, 1.165) is 54.7 Å². The van der Waals surface area contributed by atoms with Crippen molar-refractivity contribution in [3.63, 3.8) is 0 Å². The van der Waals surface area contributed by atoms with Gasteiger partial charge in [0, 0.05) is 41.1 Å². The van der Waals surface area contributed by atoms with Gasteiger partial charge in [0.2, 0.25) is 5.95 Å². The molecule has 0 spiro atoms. The number of halogens is 1. The molecule has 0 bridgehead atoms. The van der Waals surface area contributed by atoms with Crippen LogP contribution < -0.4 is 20.1 Å². The van der Waals surface area contributed by atoms with Gasteiger partial charge in [-0.25, -0.2) is 19.9 Å². The van der Waals surface area contributed by atoms with Crippen molar-refractivity contribution in [2.75, 3.05) is 57.2 Å². The molecule has 12 heteroatoms. The molecule has 4 aromatic rings. The summed E-state index contributed by atoms with van der Waals surface area (Å²) in [5.41, 5.74) is 2.85. The SMILES string of the molecule is COc1cc2c(Nc3cnc(NC(=O)c4ccc(C)c(Br)c4)nc3)ncnc2cc1OCCCN1CCOCC1. The molecule has 208 valence electrons. The van der Waals surface area contributed by atoms with Gasteiger partial charge in [-0.2, -0.15) is 0 Å². The predicted octanol–water partition coefficient (Wildman–Crippen LogP) is 4.60. The standard InChI is InChI=1S/C28H30BrN7O4/c1-18-4-5-19(12-22(18)29)27(37)35-28-30-15-20(16-31-28)34-26-21-13-24(38-2)25(14-23(21)32-17-33-26)40-9-3-6-36-7-10-39-11-8-36/h4-5,12-17H,3,6-11H2,1-2H3,(H,32,33,34)(H,30,31,35,37). The molecule has 1 amide bonds. The lowest BCUT2D eigenvalue weighted by Crippen LogP contribution is -2.37. The average molecular weight is 608 g/mol. The maximum absolute atomic E-state index is 12.6. The van der Waals surface area contributed by atoms with E-state index in [1.165, 1.54) is 6.33 Å². The third-order valence-electron chi connectivity index (χ3n) is 6.47. The zero-order valence-electron chi connectivity index (χ0n) is 22.3. The zero-order chi connectivity index (χ0) is 27.9. The van der Waals surface area contributed by atoms with Crippen molar-refractivity contribution in [3.05, 3.63) is 64.7 Å². The quantitative estimate of drug-likeness (QED) is 0.247. The number of aromatic nitrogens is 4. The van der Waals surface area contributed by atoms with Gasteiger partial charge < -0.3 is 19.5 Å². The number of hydrogen-bond donors (Lipinski definition) is 2. The fourth-order valence-electron chi connectivity index (χ4n) is 4.23. The van der Waals surface area contributed by atoms with Crippen LogP contribution in [0.25, 0.3) is 10.9 Å². The Labute approximate surface area is 240 Å². The molecule has 1 saturated heterocycles. The lowest BCUT2D eigenvalue weighted by molar-refractivity contribution is 0.0357. The minimum absolute atomic E-state index is 0.192. The van der Waals surface area contributed by atoms with Gasteiger partial charge in [-0.15, -0.1) is 0 Å². The monoisotopic (exact) mass is 607 g/mol. The largest absolute Gasteiger partial charge is 0.493 e. The van der Waals surface area contributed by atoms with E-state index >= 15 is 0 Å². The Morgan fingerprint density at radius 3 is 2.62 bits per heavy atom. The minimum atomic E-state index is -0.297. The van der Waals surface area contributed by atoms with Crippen LogP contribution in [0.2, 0.25) is 0 Å². The lowest BCUT2D eigenvalue weighted by Gasteiger charge is -2.26. The van der Waals surface area contributed by atoms with Crippen molar-refractivity contribution < 1.29 is 19.0 Å². The van der Waals surface area contributed by atoms with Crippen molar-refractivity contribution >= 4 is 50.2 Å². The van der Waals surface area contributed by atoms with Crippen molar-refractivity contribution in [1.29, 1.82) is 0 Å². The van der Waals surface area contributed by atoms with Crippen LogP contribution in [0.3, 0.4) is 0 Å². The summed E-state index contributed by atoms with van der Waals surface area (Å²) in [7, 11) is 1.61. The molecular formula is C28H30BrN7O4. The number of carbonyl (C=O) groups is 1. The van der Waals surface area contributed by atoms with E-state index in [-0.39, 0.29) is 11.9 Å². The highest BCUT2D eigenvalue weighted by Crippen LogP contribution is 2.34. The molecule has 2 aromatic carbocycles. The molecule has 0 atom stereocenters. The molecule has 0 unspecified atom stereocenters. The van der Waals surface area contributed by atoms with Crippen molar-refractivity contribution in [2.24, 2.45) is 0 Å². The van der Waals surface area contributed by atoms with E-state index in [9.17, 15) is 4.79 Å². The molecule has 0 saturated carbocycles. The number of amides is 1. The van der Waals surface area contributed by atoms with E-state index in [4.69, 9.17) is 14.2 Å². The maximum Gasteiger partial charge on any atom is 0.258 e. The highest BCUT2D eigenvalue weighted by Gasteiger charge is 2.14. The Balaban J connectivity index is 1.24. The predicted molar refractivity (Wildman–Crippen MR) is 156 cm³/mol. The van der Waals surface area contributed by atoms with Crippen molar-refractivity contribution in [3.8, 4) is 11.5 Å². The van der Waals surface area contributed by atoms with Gasteiger partial charge in [-0.05, 0) is 37.1 Å². The zero-order valence-corrected chi connectivity index (χ0v) is 23.9. The lowest BCUT2D eigenvalue weighted by atomic mass is 10.1. The Kier molecular flexibility index (Phi) is 8.99. The molecule has 1 aliphatic heterocycles. The topological polar surface area (TPSA) is 124 Å². The summed E-state index contributed by atoms with van der Waals surface area (Å²) in [5.74, 6) is 1.68. The summed E-state index contributed by atoms with van der Waals surface area (Å²) in [4.78, 5) is 32.3. The first-order valence-corrected chi connectivity index (χ1v) is 13.7. The van der Waals surface area contributed by atoms with Crippen LogP contribution in [-0.4, -0.2) is 77.3 Å². The molecule has 1 fully saturated rings. The number of nitrogens with zero attached hydrogens (tertiary/aromatic N) is 5. The summed E-state index contributed by atoms with van der Waals surface area (Å²) >= 11 is 3.45. The van der Waals surface area contributed by atoms with E-state index in [1.54, 1.807) is 31.6 Å². The van der Waals surface area contributed by atoms with Gasteiger partial charge in [0.05, 0.1) is 50.5 Å². The summed E-state index contributed by atoms with van der Waals surface area (Å²) < 4.78 is 17.9. The van der Waals surface area contributed by atoms with Crippen LogP contribution in [0.4, 0.5) is 17.5 Å². The van der Waals surface area contributed by atoms with Gasteiger partial charge in [0.15, 0.2) is 11.5 Å². The number of aryl methyl sites for hydroxylation is 1. The number of carbonyl (C=O) groups excluding carboxylic acids is 1. The third-order valence-corrected chi connectivity index (χ3v) is 7.33.